The molecule has 1 aromatic carbocycles. The third-order valence-electron chi connectivity index (χ3n) is 11.3. The zero-order valence-corrected chi connectivity index (χ0v) is 32.1. The van der Waals surface area contributed by atoms with Crippen LogP contribution in [0.15, 0.2) is 47.7 Å². The maximum absolute atomic E-state index is 14.3. The molecule has 0 bridgehead atoms. The minimum atomic E-state index is -1.20. The third-order valence-corrected chi connectivity index (χ3v) is 11.3. The van der Waals surface area contributed by atoms with Crippen molar-refractivity contribution in [1.82, 2.24) is 9.80 Å². The van der Waals surface area contributed by atoms with Crippen LogP contribution in [0.3, 0.4) is 0 Å². The molecule has 1 amide bonds. The summed E-state index contributed by atoms with van der Waals surface area (Å²) in [4.78, 5) is 24.9. The quantitative estimate of drug-likeness (QED) is 0.0683. The van der Waals surface area contributed by atoms with Crippen LogP contribution in [0.25, 0.3) is 0 Å². The van der Waals surface area contributed by atoms with Crippen LogP contribution in [0.4, 0.5) is 0 Å². The second-order valence-electron chi connectivity index (χ2n) is 16.5. The van der Waals surface area contributed by atoms with Gasteiger partial charge in [0.1, 0.15) is 29.7 Å². The highest BCUT2D eigenvalue weighted by Gasteiger charge is 2.65. The second kappa shape index (κ2) is 17.0. The summed E-state index contributed by atoms with van der Waals surface area (Å²) >= 11 is 0. The molecule has 1 aromatic rings. The number of hydrogen-bond acceptors (Lipinski definition) is 9. The molecule has 288 valence electrons. The number of benzene rings is 1. The Morgan fingerprint density at radius 1 is 1.13 bits per heavy atom. The number of aliphatic hydroxyl groups is 2. The number of amides is 1. The van der Waals surface area contributed by atoms with Crippen molar-refractivity contribution in [3.8, 4) is 11.5 Å². The number of rotatable bonds is 20. The fraction of sp³-hybridized carbons (Fsp3) is 0.714. The summed E-state index contributed by atoms with van der Waals surface area (Å²) in [6, 6.07) is 5.77. The van der Waals surface area contributed by atoms with E-state index >= 15 is 0 Å². The third kappa shape index (κ3) is 8.72. The fourth-order valence-corrected chi connectivity index (χ4v) is 8.74. The van der Waals surface area contributed by atoms with Crippen LogP contribution >= 0.6 is 0 Å². The molecule has 3 fully saturated rings. The zero-order chi connectivity index (χ0) is 36.9. The molecule has 2 aliphatic heterocycles. The Bertz CT molecular complexity index is 1450. The summed E-state index contributed by atoms with van der Waals surface area (Å²) in [6.45, 7) is 17.1. The molecule has 0 spiro atoms. The van der Waals surface area contributed by atoms with Crippen LogP contribution in [0.1, 0.15) is 103 Å². The van der Waals surface area contributed by atoms with E-state index in [9.17, 15) is 15.0 Å². The lowest BCUT2D eigenvalue weighted by Crippen LogP contribution is -2.70. The van der Waals surface area contributed by atoms with E-state index in [0.29, 0.717) is 19.6 Å². The lowest BCUT2D eigenvalue weighted by molar-refractivity contribution is -0.257. The van der Waals surface area contributed by atoms with Crippen LogP contribution in [-0.4, -0.2) is 102 Å². The maximum Gasteiger partial charge on any atom is 0.239 e. The van der Waals surface area contributed by atoms with Gasteiger partial charge in [-0.1, -0.05) is 37.1 Å². The van der Waals surface area contributed by atoms with Crippen molar-refractivity contribution in [3.63, 3.8) is 0 Å². The summed E-state index contributed by atoms with van der Waals surface area (Å²) in [7, 11) is 0. The van der Waals surface area contributed by atoms with Gasteiger partial charge >= 0.3 is 0 Å². The second-order valence-corrected chi connectivity index (χ2v) is 16.5. The van der Waals surface area contributed by atoms with E-state index in [2.05, 4.69) is 30.5 Å². The van der Waals surface area contributed by atoms with E-state index in [4.69, 9.17) is 24.2 Å². The van der Waals surface area contributed by atoms with Gasteiger partial charge in [-0.2, -0.15) is 0 Å². The van der Waals surface area contributed by atoms with Crippen LogP contribution < -0.4 is 9.47 Å². The Morgan fingerprint density at radius 3 is 2.54 bits per heavy atom. The normalized spacial score (nSPS) is 28.7. The first-order chi connectivity index (χ1) is 25.1. The first-order valence-electron chi connectivity index (χ1n) is 20.1. The number of carbonyl (C=O) groups is 1. The Balaban J connectivity index is 1.55. The Kier molecular flexibility index (Phi) is 12.7. The van der Waals surface area contributed by atoms with Crippen LogP contribution in [0.5, 0.6) is 11.5 Å². The lowest BCUT2D eigenvalue weighted by atomic mass is 9.55. The monoisotopic (exact) mass is 721 g/mol. The molecule has 2 heterocycles. The molecule has 2 saturated carbocycles. The van der Waals surface area contributed by atoms with E-state index < -0.39 is 17.4 Å². The number of carbonyl (C=O) groups excluding carboxylic acids is 1. The van der Waals surface area contributed by atoms with Gasteiger partial charge in [0.2, 0.25) is 11.7 Å². The maximum atomic E-state index is 14.3. The van der Waals surface area contributed by atoms with Gasteiger partial charge in [-0.3, -0.25) is 9.69 Å². The molecule has 6 atom stereocenters. The SMILES string of the molecule is C=CCOC12Oc3ccc(OCCN4CC4)cc3C3C(CCCCO)C(CCCCO)C=C(C(=NOC(C)(C)C)CC1N(CCC)C(=O)C1CC1)C32. The van der Waals surface area contributed by atoms with E-state index in [1.807, 2.05) is 37.8 Å². The average molecular weight is 722 g/mol. The molecule has 10 heteroatoms. The predicted octanol–water partition coefficient (Wildman–Crippen LogP) is 6.46. The number of fused-ring (bicyclic) bond motifs is 2. The van der Waals surface area contributed by atoms with Crippen molar-refractivity contribution in [2.24, 2.45) is 28.8 Å². The van der Waals surface area contributed by atoms with Crippen molar-refractivity contribution in [2.45, 2.75) is 115 Å². The number of aliphatic hydroxyl groups excluding tert-OH is 2. The lowest BCUT2D eigenvalue weighted by Gasteiger charge is -2.60. The molecule has 0 aromatic heterocycles. The van der Waals surface area contributed by atoms with E-state index in [0.717, 1.165) is 106 Å². The number of oxime groups is 1. The molecule has 6 unspecified atom stereocenters. The highest BCUT2D eigenvalue weighted by molar-refractivity contribution is 6.03. The van der Waals surface area contributed by atoms with Gasteiger partial charge in [-0.15, -0.1) is 6.58 Å². The average Bonchev–Trinajstić information content (AvgIpc) is 4.06. The molecular formula is C42H63N3O7. The topological polar surface area (TPSA) is 113 Å². The Hall–Kier alpha value is -2.92. The standard InChI is InChI=1S/C42H63N3O7/c1-6-18-45(40(48)29-14-15-29)37-28-35(43-52-41(3,4)5)33-26-30(12-8-10-22-46)32(13-9-11-23-47)38-34-27-31(49-25-21-44-19-20-44)16-17-36(34)51-42(37,39(33)38)50-24-7-2/h7,16-17,26-27,29-30,32,37-39,46-47H,2,6,8-15,18-25,28H2,1,3-5H3. The van der Waals surface area contributed by atoms with Crippen LogP contribution in [0.2, 0.25) is 0 Å². The molecule has 2 N–H and O–H groups in total. The van der Waals surface area contributed by atoms with Crippen LogP contribution in [0, 0.1) is 23.7 Å². The minimum Gasteiger partial charge on any atom is -0.492 e. The molecule has 6 rings (SSSR count). The summed E-state index contributed by atoms with van der Waals surface area (Å²) in [5, 5.41) is 24.6. The predicted molar refractivity (Wildman–Crippen MR) is 202 cm³/mol. The number of allylic oxidation sites excluding steroid dienone is 1. The van der Waals surface area contributed by atoms with Crippen molar-refractivity contribution in [3.05, 3.63) is 48.1 Å². The van der Waals surface area contributed by atoms with Crippen molar-refractivity contribution >= 4 is 11.6 Å². The summed E-state index contributed by atoms with van der Waals surface area (Å²) < 4.78 is 20.7. The smallest absolute Gasteiger partial charge is 0.239 e. The van der Waals surface area contributed by atoms with Gasteiger partial charge in [0, 0.05) is 63.2 Å². The Labute approximate surface area is 311 Å². The minimum absolute atomic E-state index is 0.0259. The first-order valence-corrected chi connectivity index (χ1v) is 20.1. The molecular weight excluding hydrogens is 658 g/mol. The van der Waals surface area contributed by atoms with Crippen molar-refractivity contribution in [1.29, 1.82) is 0 Å². The van der Waals surface area contributed by atoms with Gasteiger partial charge in [0.25, 0.3) is 0 Å². The number of unbranched alkanes of at least 4 members (excludes halogenated alkanes) is 2. The van der Waals surface area contributed by atoms with Gasteiger partial charge in [-0.05, 0) is 101 Å². The molecule has 1 saturated heterocycles. The molecule has 3 aliphatic carbocycles. The molecule has 10 nitrogen and oxygen atoms in total. The molecule has 5 aliphatic rings. The largest absolute Gasteiger partial charge is 0.492 e. The van der Waals surface area contributed by atoms with Gasteiger partial charge < -0.3 is 34.2 Å². The summed E-state index contributed by atoms with van der Waals surface area (Å²) in [6.07, 6.45) is 12.3. The summed E-state index contributed by atoms with van der Waals surface area (Å²) in [5.41, 5.74) is 2.49. The molecule has 0 radical (unpaired) electrons. The highest BCUT2D eigenvalue weighted by atomic mass is 16.7. The number of ether oxygens (including phenoxy) is 3. The highest BCUT2D eigenvalue weighted by Crippen LogP contribution is 2.62. The van der Waals surface area contributed by atoms with Gasteiger partial charge in [0.15, 0.2) is 0 Å². The zero-order valence-electron chi connectivity index (χ0n) is 32.1. The molecule has 52 heavy (non-hydrogen) atoms. The number of nitrogens with zero attached hydrogens (tertiary/aromatic N) is 3. The summed E-state index contributed by atoms with van der Waals surface area (Å²) in [5.74, 6) is 0.588. The van der Waals surface area contributed by atoms with Gasteiger partial charge in [0.05, 0.1) is 18.2 Å². The van der Waals surface area contributed by atoms with Crippen molar-refractivity contribution in [2.75, 3.05) is 52.6 Å². The van der Waals surface area contributed by atoms with Gasteiger partial charge in [-0.25, -0.2) is 0 Å². The fourth-order valence-electron chi connectivity index (χ4n) is 8.74. The number of hydrogen-bond donors (Lipinski definition) is 2. The van der Waals surface area contributed by atoms with E-state index in [1.165, 1.54) is 0 Å². The first kappa shape index (κ1) is 38.8. The van der Waals surface area contributed by atoms with Crippen molar-refractivity contribution < 1.29 is 34.1 Å². The van der Waals surface area contributed by atoms with E-state index in [1.54, 1.807) is 6.08 Å². The Morgan fingerprint density at radius 2 is 1.88 bits per heavy atom. The van der Waals surface area contributed by atoms with E-state index in [-0.39, 0.29) is 55.3 Å². The van der Waals surface area contributed by atoms with Crippen LogP contribution in [-0.2, 0) is 14.4 Å².